The molecular formula is C13H22N2O5. The van der Waals surface area contributed by atoms with Crippen molar-refractivity contribution in [2.75, 3.05) is 20.3 Å². The highest BCUT2D eigenvalue weighted by Gasteiger charge is 2.56. The van der Waals surface area contributed by atoms with Gasteiger partial charge in [-0.3, -0.25) is 4.90 Å². The number of hydrogen-bond donors (Lipinski definition) is 1. The van der Waals surface area contributed by atoms with Crippen LogP contribution in [0.4, 0.5) is 4.79 Å². The molecule has 0 bridgehead atoms. The van der Waals surface area contributed by atoms with Crippen LogP contribution < -0.4 is 5.73 Å². The Labute approximate surface area is 118 Å². The number of fused-ring (bicyclic) bond motifs is 1. The molecule has 114 valence electrons. The molecule has 0 aliphatic carbocycles. The lowest BCUT2D eigenvalue weighted by Crippen LogP contribution is -2.52. The van der Waals surface area contributed by atoms with Crippen LogP contribution in [0, 0.1) is 5.92 Å². The summed E-state index contributed by atoms with van der Waals surface area (Å²) in [6, 6.07) is -1.54. The van der Waals surface area contributed by atoms with Crippen molar-refractivity contribution < 1.29 is 23.8 Å². The second-order valence-corrected chi connectivity index (χ2v) is 6.20. The lowest BCUT2D eigenvalue weighted by Gasteiger charge is -2.31. The zero-order chi connectivity index (χ0) is 15.1. The normalized spacial score (nSPS) is 33.0. The summed E-state index contributed by atoms with van der Waals surface area (Å²) in [5.41, 5.74) is 5.46. The minimum absolute atomic E-state index is 0.0633. The quantitative estimate of drug-likeness (QED) is 0.689. The molecule has 0 aromatic rings. The first kappa shape index (κ1) is 15.1. The number of hydrogen-bond acceptors (Lipinski definition) is 6. The lowest BCUT2D eigenvalue weighted by molar-refractivity contribution is -0.146. The van der Waals surface area contributed by atoms with Gasteiger partial charge in [-0.25, -0.2) is 9.59 Å². The second kappa shape index (κ2) is 5.21. The molecule has 0 spiro atoms. The third-order valence-corrected chi connectivity index (χ3v) is 3.66. The molecule has 7 heteroatoms. The zero-order valence-electron chi connectivity index (χ0n) is 12.3. The molecule has 2 rings (SSSR count). The van der Waals surface area contributed by atoms with Gasteiger partial charge in [-0.1, -0.05) is 0 Å². The van der Waals surface area contributed by atoms with Crippen LogP contribution in [0.25, 0.3) is 0 Å². The highest BCUT2D eigenvalue weighted by atomic mass is 16.6. The number of methoxy groups -OCH3 is 1. The standard InChI is InChI=1S/C13H22N2O5/c1-13(2,3)20-12(17)15-8-6-19-5-7(8)9(14)10(15)11(16)18-4/h7-10H,5-6,14H2,1-4H3/t7-,8+,9+,10-/m0/s1. The molecule has 0 aromatic carbocycles. The Balaban J connectivity index is 2.25. The Kier molecular flexibility index (Phi) is 3.93. The number of esters is 1. The zero-order valence-corrected chi connectivity index (χ0v) is 12.3. The van der Waals surface area contributed by atoms with Gasteiger partial charge in [0.25, 0.3) is 0 Å². The Bertz CT molecular complexity index is 406. The second-order valence-electron chi connectivity index (χ2n) is 6.20. The Hall–Kier alpha value is -1.34. The maximum atomic E-state index is 12.4. The van der Waals surface area contributed by atoms with E-state index in [1.165, 1.54) is 12.0 Å². The number of ether oxygens (including phenoxy) is 3. The molecule has 1 amide bonds. The van der Waals surface area contributed by atoms with Crippen LogP contribution in [0.15, 0.2) is 0 Å². The van der Waals surface area contributed by atoms with Gasteiger partial charge in [0.05, 0.1) is 26.4 Å². The number of rotatable bonds is 1. The predicted octanol–water partition coefficient (Wildman–Crippen LogP) is 0.121. The van der Waals surface area contributed by atoms with Gasteiger partial charge in [-0.2, -0.15) is 0 Å². The summed E-state index contributed by atoms with van der Waals surface area (Å²) in [7, 11) is 1.28. The number of likely N-dealkylation sites (tertiary alicyclic amines) is 1. The maximum absolute atomic E-state index is 12.4. The van der Waals surface area contributed by atoms with Crippen molar-refractivity contribution >= 4 is 12.1 Å². The summed E-state index contributed by atoms with van der Waals surface area (Å²) in [6.07, 6.45) is -0.554. The lowest BCUT2D eigenvalue weighted by atomic mass is 9.97. The molecule has 20 heavy (non-hydrogen) atoms. The highest BCUT2D eigenvalue weighted by molar-refractivity contribution is 5.83. The molecule has 4 atom stereocenters. The van der Waals surface area contributed by atoms with Crippen molar-refractivity contribution in [3.8, 4) is 0 Å². The van der Waals surface area contributed by atoms with Crippen LogP contribution in [0.3, 0.4) is 0 Å². The average Bonchev–Trinajstić information content (AvgIpc) is 2.88. The Morgan fingerprint density at radius 1 is 1.30 bits per heavy atom. The van der Waals surface area contributed by atoms with Gasteiger partial charge < -0.3 is 19.9 Å². The van der Waals surface area contributed by atoms with Gasteiger partial charge in [0.15, 0.2) is 0 Å². The van der Waals surface area contributed by atoms with Crippen LogP contribution in [-0.4, -0.2) is 61.0 Å². The molecule has 2 saturated heterocycles. The molecule has 2 heterocycles. The summed E-state index contributed by atoms with van der Waals surface area (Å²) in [5, 5.41) is 0. The molecule has 2 aliphatic heterocycles. The topological polar surface area (TPSA) is 91.1 Å². The first-order chi connectivity index (χ1) is 9.26. The smallest absolute Gasteiger partial charge is 0.411 e. The van der Waals surface area contributed by atoms with Gasteiger partial charge in [0.2, 0.25) is 0 Å². The number of carbonyl (C=O) groups excluding carboxylic acids is 2. The van der Waals surface area contributed by atoms with E-state index in [-0.39, 0.29) is 12.0 Å². The number of nitrogens with zero attached hydrogens (tertiary/aromatic N) is 1. The Morgan fingerprint density at radius 2 is 1.95 bits per heavy atom. The van der Waals surface area contributed by atoms with Crippen molar-refractivity contribution in [1.82, 2.24) is 4.90 Å². The fourth-order valence-corrected chi connectivity index (χ4v) is 2.79. The van der Waals surface area contributed by atoms with Crippen molar-refractivity contribution in [2.45, 2.75) is 44.5 Å². The monoisotopic (exact) mass is 286 g/mol. The SMILES string of the molecule is COC(=O)[C@@H]1[C@H](N)[C@H]2COC[C@H]2N1C(=O)OC(C)(C)C. The van der Waals surface area contributed by atoms with Gasteiger partial charge in [-0.05, 0) is 20.8 Å². The van der Waals surface area contributed by atoms with E-state index in [2.05, 4.69) is 0 Å². The van der Waals surface area contributed by atoms with E-state index in [0.29, 0.717) is 13.2 Å². The fraction of sp³-hybridized carbons (Fsp3) is 0.846. The van der Waals surface area contributed by atoms with Gasteiger partial charge in [0.1, 0.15) is 11.6 Å². The summed E-state index contributed by atoms with van der Waals surface area (Å²) < 4.78 is 15.5. The molecule has 0 unspecified atom stereocenters. The minimum atomic E-state index is -0.811. The van der Waals surface area contributed by atoms with E-state index in [1.54, 1.807) is 20.8 Å². The van der Waals surface area contributed by atoms with E-state index < -0.39 is 29.7 Å². The molecule has 7 nitrogen and oxygen atoms in total. The molecule has 0 radical (unpaired) electrons. The number of amides is 1. The third kappa shape index (κ3) is 2.60. The predicted molar refractivity (Wildman–Crippen MR) is 69.9 cm³/mol. The first-order valence-electron chi connectivity index (χ1n) is 6.68. The molecule has 2 fully saturated rings. The molecule has 2 aliphatic rings. The van der Waals surface area contributed by atoms with E-state index in [0.717, 1.165) is 0 Å². The van der Waals surface area contributed by atoms with Crippen molar-refractivity contribution in [2.24, 2.45) is 11.7 Å². The first-order valence-corrected chi connectivity index (χ1v) is 6.68. The Morgan fingerprint density at radius 3 is 2.50 bits per heavy atom. The molecule has 0 saturated carbocycles. The van der Waals surface area contributed by atoms with Crippen LogP contribution >= 0.6 is 0 Å². The van der Waals surface area contributed by atoms with E-state index in [9.17, 15) is 9.59 Å². The fourth-order valence-electron chi connectivity index (χ4n) is 2.79. The van der Waals surface area contributed by atoms with E-state index >= 15 is 0 Å². The maximum Gasteiger partial charge on any atom is 0.411 e. The largest absolute Gasteiger partial charge is 0.467 e. The van der Waals surface area contributed by atoms with Gasteiger partial charge in [-0.15, -0.1) is 0 Å². The summed E-state index contributed by atoms with van der Waals surface area (Å²) in [6.45, 7) is 6.13. The molecule has 2 N–H and O–H groups in total. The van der Waals surface area contributed by atoms with Gasteiger partial charge >= 0.3 is 12.1 Å². The van der Waals surface area contributed by atoms with Crippen LogP contribution in [-0.2, 0) is 19.0 Å². The van der Waals surface area contributed by atoms with Gasteiger partial charge in [0, 0.05) is 12.0 Å². The highest BCUT2D eigenvalue weighted by Crippen LogP contribution is 2.35. The number of carbonyl (C=O) groups is 2. The van der Waals surface area contributed by atoms with Crippen molar-refractivity contribution in [1.29, 1.82) is 0 Å². The third-order valence-electron chi connectivity index (χ3n) is 3.66. The van der Waals surface area contributed by atoms with Crippen LogP contribution in [0.5, 0.6) is 0 Å². The number of nitrogens with two attached hydrogens (primary N) is 1. The molecule has 0 aromatic heterocycles. The average molecular weight is 286 g/mol. The van der Waals surface area contributed by atoms with Crippen molar-refractivity contribution in [3.63, 3.8) is 0 Å². The van der Waals surface area contributed by atoms with Crippen LogP contribution in [0.2, 0.25) is 0 Å². The summed E-state index contributed by atoms with van der Waals surface area (Å²) >= 11 is 0. The van der Waals surface area contributed by atoms with Crippen LogP contribution in [0.1, 0.15) is 20.8 Å². The van der Waals surface area contributed by atoms with Crippen molar-refractivity contribution in [3.05, 3.63) is 0 Å². The summed E-state index contributed by atoms with van der Waals surface area (Å²) in [4.78, 5) is 25.7. The molecular weight excluding hydrogens is 264 g/mol. The van der Waals surface area contributed by atoms with E-state index in [4.69, 9.17) is 19.9 Å². The summed E-state index contributed by atoms with van der Waals surface area (Å²) in [5.74, 6) is -0.579. The minimum Gasteiger partial charge on any atom is -0.467 e. The van der Waals surface area contributed by atoms with E-state index in [1.807, 2.05) is 0 Å².